The molecule has 13 heavy (non-hydrogen) atoms. The van der Waals surface area contributed by atoms with Crippen LogP contribution in [0.15, 0.2) is 0 Å². The Balaban J connectivity index is 0.000000310. The van der Waals surface area contributed by atoms with E-state index in [1.807, 2.05) is 6.92 Å². The lowest BCUT2D eigenvalue weighted by Gasteiger charge is -2.26. The van der Waals surface area contributed by atoms with Crippen molar-refractivity contribution in [3.05, 3.63) is 0 Å². The van der Waals surface area contributed by atoms with Gasteiger partial charge in [-0.3, -0.25) is 0 Å². The summed E-state index contributed by atoms with van der Waals surface area (Å²) in [5.41, 5.74) is 5.60. The van der Waals surface area contributed by atoms with E-state index in [2.05, 4.69) is 5.32 Å². The van der Waals surface area contributed by atoms with E-state index in [-0.39, 0.29) is 25.4 Å². The summed E-state index contributed by atoms with van der Waals surface area (Å²) in [7, 11) is 0. The fraction of sp³-hybridized carbons (Fsp3) is 1.00. The lowest BCUT2D eigenvalue weighted by molar-refractivity contribution is 0.0162. The number of hydrogen-bond acceptors (Lipinski definition) is 5. The summed E-state index contributed by atoms with van der Waals surface area (Å²) in [6.45, 7) is 4.38. The summed E-state index contributed by atoms with van der Waals surface area (Å²) < 4.78 is 5.35. The Morgan fingerprint density at radius 1 is 1.54 bits per heavy atom. The maximum absolute atomic E-state index is 7.62. The fourth-order valence-electron chi connectivity index (χ4n) is 0.923. The third kappa shape index (κ3) is 6.92. The topological polar surface area (TPSA) is 87.7 Å². The van der Waals surface area contributed by atoms with E-state index in [1.54, 1.807) is 0 Å². The summed E-state index contributed by atoms with van der Waals surface area (Å²) >= 11 is 0. The van der Waals surface area contributed by atoms with Crippen molar-refractivity contribution in [2.24, 2.45) is 5.73 Å². The van der Waals surface area contributed by atoms with Gasteiger partial charge in [0, 0.05) is 19.1 Å². The molecule has 1 fully saturated rings. The average Bonchev–Trinajstić information content (AvgIpc) is 2.19. The van der Waals surface area contributed by atoms with Crippen molar-refractivity contribution < 1.29 is 14.9 Å². The summed E-state index contributed by atoms with van der Waals surface area (Å²) in [5, 5.41) is 18.5. The van der Waals surface area contributed by atoms with Crippen LogP contribution in [0.2, 0.25) is 0 Å². The van der Waals surface area contributed by atoms with Gasteiger partial charge in [0.15, 0.2) is 0 Å². The number of aliphatic hydroxyl groups excluding tert-OH is 2. The molecule has 1 rings (SSSR count). The molecule has 5 heteroatoms. The highest BCUT2D eigenvalue weighted by Crippen LogP contribution is 1.98. The van der Waals surface area contributed by atoms with E-state index in [9.17, 15) is 0 Å². The molecule has 1 heterocycles. The van der Waals surface area contributed by atoms with Crippen molar-refractivity contribution in [3.63, 3.8) is 0 Å². The van der Waals surface area contributed by atoms with Gasteiger partial charge < -0.3 is 26.0 Å². The van der Waals surface area contributed by atoms with E-state index >= 15 is 0 Å². The molecule has 0 aliphatic carbocycles. The molecular weight excluding hydrogens is 172 g/mol. The van der Waals surface area contributed by atoms with Crippen LogP contribution in [0.1, 0.15) is 6.92 Å². The smallest absolute Gasteiger partial charge is 0.0847 e. The Kier molecular flexibility index (Phi) is 8.27. The van der Waals surface area contributed by atoms with Crippen molar-refractivity contribution in [2.75, 3.05) is 32.9 Å². The van der Waals surface area contributed by atoms with Gasteiger partial charge in [0.2, 0.25) is 0 Å². The van der Waals surface area contributed by atoms with Crippen molar-refractivity contribution in [1.29, 1.82) is 0 Å². The lowest BCUT2D eigenvalue weighted by Crippen LogP contribution is -2.47. The molecule has 0 aromatic heterocycles. The highest BCUT2D eigenvalue weighted by atomic mass is 16.5. The molecule has 0 amide bonds. The van der Waals surface area contributed by atoms with Crippen LogP contribution in [0.3, 0.4) is 0 Å². The summed E-state index contributed by atoms with van der Waals surface area (Å²) in [6.07, 6.45) is 0.221. The molecule has 1 aliphatic heterocycles. The second-order valence-corrected chi connectivity index (χ2v) is 2.92. The fourth-order valence-corrected chi connectivity index (χ4v) is 0.923. The predicted octanol–water partition coefficient (Wildman–Crippen LogP) is -1.71. The van der Waals surface area contributed by atoms with Crippen LogP contribution < -0.4 is 11.1 Å². The highest BCUT2D eigenvalue weighted by molar-refractivity contribution is 4.74. The van der Waals surface area contributed by atoms with Gasteiger partial charge in [-0.2, -0.15) is 0 Å². The molecule has 0 saturated carbocycles. The number of nitrogens with one attached hydrogen (secondary N) is 1. The first-order chi connectivity index (χ1) is 6.22. The molecule has 80 valence electrons. The molecule has 0 spiro atoms. The number of hydrogen-bond donors (Lipinski definition) is 4. The van der Waals surface area contributed by atoms with Crippen LogP contribution in [0.25, 0.3) is 0 Å². The number of ether oxygens (including phenoxy) is 1. The van der Waals surface area contributed by atoms with Crippen LogP contribution >= 0.6 is 0 Å². The molecule has 1 aliphatic rings. The third-order valence-corrected chi connectivity index (χ3v) is 1.64. The van der Waals surface area contributed by atoms with Crippen molar-refractivity contribution in [2.45, 2.75) is 19.1 Å². The molecule has 0 aromatic rings. The molecule has 0 radical (unpaired) electrons. The largest absolute Gasteiger partial charge is 0.394 e. The quantitative estimate of drug-likeness (QED) is 0.418. The predicted molar refractivity (Wildman–Crippen MR) is 50.4 cm³/mol. The molecule has 0 aromatic carbocycles. The monoisotopic (exact) mass is 192 g/mol. The van der Waals surface area contributed by atoms with Crippen molar-refractivity contribution in [3.8, 4) is 0 Å². The van der Waals surface area contributed by atoms with Crippen LogP contribution in [-0.4, -0.2) is 55.3 Å². The van der Waals surface area contributed by atoms with Gasteiger partial charge in [0.1, 0.15) is 0 Å². The lowest BCUT2D eigenvalue weighted by atomic mass is 10.2. The first kappa shape index (κ1) is 12.8. The molecule has 5 nitrogen and oxygen atoms in total. The molecule has 2 atom stereocenters. The Morgan fingerprint density at radius 2 is 2.15 bits per heavy atom. The Hall–Kier alpha value is -0.200. The minimum atomic E-state index is -0.125. The summed E-state index contributed by atoms with van der Waals surface area (Å²) in [6, 6.07) is 0.151. The zero-order chi connectivity index (χ0) is 10.1. The number of morpholine rings is 1. The van der Waals surface area contributed by atoms with E-state index in [0.717, 1.165) is 19.7 Å². The van der Waals surface area contributed by atoms with Gasteiger partial charge in [-0.1, -0.05) is 0 Å². The summed E-state index contributed by atoms with van der Waals surface area (Å²) in [5.74, 6) is 0. The van der Waals surface area contributed by atoms with Crippen LogP contribution in [-0.2, 0) is 4.74 Å². The van der Waals surface area contributed by atoms with Gasteiger partial charge in [-0.15, -0.1) is 0 Å². The first-order valence-corrected chi connectivity index (χ1v) is 4.52. The molecule has 0 bridgehead atoms. The number of rotatable bonds is 2. The minimum absolute atomic E-state index is 0.125. The van der Waals surface area contributed by atoms with Crippen LogP contribution in [0.4, 0.5) is 0 Å². The minimum Gasteiger partial charge on any atom is -0.394 e. The number of aliphatic hydroxyl groups is 2. The van der Waals surface area contributed by atoms with E-state index < -0.39 is 0 Å². The maximum Gasteiger partial charge on any atom is 0.0847 e. The number of nitrogens with two attached hydrogens (primary N) is 1. The standard InChI is InChI=1S/C6H14N2O.C2H6O2/c1-5(7)6-4-8-2-3-9-6;3-1-2-4/h5-6,8H,2-4,7H2,1H3;3-4H,1-2H2. The highest BCUT2D eigenvalue weighted by Gasteiger charge is 2.16. The second-order valence-electron chi connectivity index (χ2n) is 2.92. The maximum atomic E-state index is 7.62. The van der Waals surface area contributed by atoms with Gasteiger partial charge >= 0.3 is 0 Å². The Bertz CT molecular complexity index is 104. The Labute approximate surface area is 78.9 Å². The SMILES string of the molecule is CC(N)C1CNCCO1.OCCO. The van der Waals surface area contributed by atoms with Gasteiger partial charge in [0.05, 0.1) is 25.9 Å². The first-order valence-electron chi connectivity index (χ1n) is 4.52. The van der Waals surface area contributed by atoms with Gasteiger partial charge in [-0.05, 0) is 6.92 Å². The van der Waals surface area contributed by atoms with E-state index in [4.69, 9.17) is 20.7 Å². The average molecular weight is 192 g/mol. The van der Waals surface area contributed by atoms with Crippen molar-refractivity contribution >= 4 is 0 Å². The molecule has 2 unspecified atom stereocenters. The third-order valence-electron chi connectivity index (χ3n) is 1.64. The van der Waals surface area contributed by atoms with Crippen LogP contribution in [0.5, 0.6) is 0 Å². The van der Waals surface area contributed by atoms with Gasteiger partial charge in [-0.25, -0.2) is 0 Å². The molecule has 5 N–H and O–H groups in total. The van der Waals surface area contributed by atoms with E-state index in [1.165, 1.54) is 0 Å². The Morgan fingerprint density at radius 3 is 2.38 bits per heavy atom. The molecule has 1 saturated heterocycles. The second kappa shape index (κ2) is 8.40. The molecular formula is C8H20N2O3. The summed E-state index contributed by atoms with van der Waals surface area (Å²) in [4.78, 5) is 0. The zero-order valence-electron chi connectivity index (χ0n) is 8.07. The van der Waals surface area contributed by atoms with Crippen molar-refractivity contribution in [1.82, 2.24) is 5.32 Å². The zero-order valence-corrected chi connectivity index (χ0v) is 8.07. The van der Waals surface area contributed by atoms with E-state index in [0.29, 0.717) is 0 Å². The normalized spacial score (nSPS) is 24.5. The van der Waals surface area contributed by atoms with Crippen LogP contribution in [0, 0.1) is 0 Å². The van der Waals surface area contributed by atoms with Gasteiger partial charge in [0.25, 0.3) is 0 Å².